The zero-order valence-corrected chi connectivity index (χ0v) is 10.3. The Morgan fingerprint density at radius 3 is 3.20 bits per heavy atom. The number of hydrogen-bond acceptors (Lipinski definition) is 4. The first-order chi connectivity index (χ1) is 7.28. The molecule has 1 aliphatic heterocycles. The highest BCUT2D eigenvalue weighted by Crippen LogP contribution is 2.15. The lowest BCUT2D eigenvalue weighted by Gasteiger charge is -2.31. The summed E-state index contributed by atoms with van der Waals surface area (Å²) in [5.74, 6) is 0. The van der Waals surface area contributed by atoms with Crippen molar-refractivity contribution in [3.05, 3.63) is 16.1 Å². The molecule has 1 fully saturated rings. The molecule has 1 atom stereocenters. The molecule has 2 heterocycles. The molecule has 0 bridgehead atoms. The van der Waals surface area contributed by atoms with E-state index in [1.165, 1.54) is 30.1 Å². The van der Waals surface area contributed by atoms with Gasteiger partial charge in [-0.25, -0.2) is 4.98 Å². The summed E-state index contributed by atoms with van der Waals surface area (Å²) in [5.41, 5.74) is 1.23. The number of hydrogen-bond donors (Lipinski definition) is 1. The smallest absolute Gasteiger partial charge is 0.0897 e. The topological polar surface area (TPSA) is 28.2 Å². The number of piperidine rings is 1. The minimum atomic E-state index is 0.665. The van der Waals surface area contributed by atoms with Crippen LogP contribution in [-0.2, 0) is 6.54 Å². The molecule has 4 heteroatoms. The molecule has 0 amide bonds. The summed E-state index contributed by atoms with van der Waals surface area (Å²) in [6, 6.07) is 0.665. The van der Waals surface area contributed by atoms with Gasteiger partial charge in [0.1, 0.15) is 0 Å². The van der Waals surface area contributed by atoms with Crippen LogP contribution in [0.5, 0.6) is 0 Å². The number of aryl methyl sites for hydroxylation is 1. The summed E-state index contributed by atoms with van der Waals surface area (Å²) in [6.45, 7) is 5.46. The molecule has 1 aliphatic rings. The van der Waals surface area contributed by atoms with Crippen LogP contribution in [0.2, 0.25) is 0 Å². The van der Waals surface area contributed by atoms with Gasteiger partial charge in [-0.1, -0.05) is 0 Å². The minimum Gasteiger partial charge on any atom is -0.316 e. The van der Waals surface area contributed by atoms with Gasteiger partial charge in [-0.3, -0.25) is 4.90 Å². The van der Waals surface area contributed by atoms with E-state index in [2.05, 4.69) is 34.6 Å². The third-order valence-electron chi connectivity index (χ3n) is 2.97. The minimum absolute atomic E-state index is 0.665. The molecular formula is C11H19N3S. The van der Waals surface area contributed by atoms with E-state index in [4.69, 9.17) is 0 Å². The van der Waals surface area contributed by atoms with E-state index in [1.807, 2.05) is 0 Å². The fourth-order valence-corrected chi connectivity index (χ4v) is 2.75. The van der Waals surface area contributed by atoms with Gasteiger partial charge in [-0.05, 0) is 33.4 Å². The Balaban J connectivity index is 1.88. The maximum absolute atomic E-state index is 4.51. The van der Waals surface area contributed by atoms with Gasteiger partial charge < -0.3 is 5.32 Å². The van der Waals surface area contributed by atoms with Crippen molar-refractivity contribution in [3.8, 4) is 0 Å². The fraction of sp³-hybridized carbons (Fsp3) is 0.727. The molecule has 84 valence electrons. The average molecular weight is 225 g/mol. The lowest BCUT2D eigenvalue weighted by molar-refractivity contribution is 0.186. The van der Waals surface area contributed by atoms with Crippen molar-refractivity contribution in [1.29, 1.82) is 0 Å². The molecule has 15 heavy (non-hydrogen) atoms. The molecule has 0 aromatic carbocycles. The van der Waals surface area contributed by atoms with Gasteiger partial charge in [0.15, 0.2) is 0 Å². The van der Waals surface area contributed by atoms with Gasteiger partial charge in [0.05, 0.1) is 10.7 Å². The van der Waals surface area contributed by atoms with Crippen molar-refractivity contribution >= 4 is 11.3 Å². The molecule has 1 N–H and O–H groups in total. The molecule has 0 radical (unpaired) electrons. The number of likely N-dealkylation sites (tertiary alicyclic amines) is 1. The number of thiazole rings is 1. The number of nitrogens with one attached hydrogen (secondary N) is 1. The average Bonchev–Trinajstić information content (AvgIpc) is 2.64. The van der Waals surface area contributed by atoms with E-state index in [1.54, 1.807) is 11.3 Å². The molecule has 1 unspecified atom stereocenters. The molecule has 0 aliphatic carbocycles. The van der Waals surface area contributed by atoms with Crippen LogP contribution in [0.3, 0.4) is 0 Å². The Labute approximate surface area is 95.5 Å². The molecule has 1 aromatic heterocycles. The number of aromatic nitrogens is 1. The molecule has 0 spiro atoms. The maximum atomic E-state index is 4.51. The highest BCUT2D eigenvalue weighted by atomic mass is 32.1. The predicted molar refractivity (Wildman–Crippen MR) is 64.2 cm³/mol. The Morgan fingerprint density at radius 2 is 2.53 bits per heavy atom. The second kappa shape index (κ2) is 5.05. The predicted octanol–water partition coefficient (Wildman–Crippen LogP) is 1.64. The highest BCUT2D eigenvalue weighted by Gasteiger charge is 2.18. The first kappa shape index (κ1) is 11.0. The van der Waals surface area contributed by atoms with Gasteiger partial charge in [0.25, 0.3) is 0 Å². The van der Waals surface area contributed by atoms with E-state index >= 15 is 0 Å². The number of likely N-dealkylation sites (N-methyl/N-ethyl adjacent to an activating group) is 1. The summed E-state index contributed by atoms with van der Waals surface area (Å²) >= 11 is 1.75. The second-order valence-electron chi connectivity index (χ2n) is 4.22. The summed E-state index contributed by atoms with van der Waals surface area (Å²) < 4.78 is 0. The normalized spacial score (nSPS) is 23.2. The molecule has 1 aromatic rings. The van der Waals surface area contributed by atoms with Crippen molar-refractivity contribution in [2.45, 2.75) is 32.4 Å². The summed E-state index contributed by atoms with van der Waals surface area (Å²) in [4.78, 5) is 7.01. The quantitative estimate of drug-likeness (QED) is 0.847. The molecule has 3 nitrogen and oxygen atoms in total. The SMILES string of the molecule is CNC1CCCN(Cc2csc(C)n2)C1. The van der Waals surface area contributed by atoms with E-state index in [0.29, 0.717) is 6.04 Å². The van der Waals surface area contributed by atoms with Crippen molar-refractivity contribution in [1.82, 2.24) is 15.2 Å². The summed E-state index contributed by atoms with van der Waals surface area (Å²) in [7, 11) is 2.06. The Hall–Kier alpha value is -0.450. The van der Waals surface area contributed by atoms with E-state index in [9.17, 15) is 0 Å². The lowest BCUT2D eigenvalue weighted by atomic mass is 10.1. The van der Waals surface area contributed by atoms with Gasteiger partial charge >= 0.3 is 0 Å². The van der Waals surface area contributed by atoms with Crippen molar-refractivity contribution in [2.24, 2.45) is 0 Å². The van der Waals surface area contributed by atoms with Crippen LogP contribution in [-0.4, -0.2) is 36.1 Å². The standard InChI is InChI=1S/C11H19N3S/c1-9-13-11(8-15-9)7-14-5-3-4-10(6-14)12-2/h8,10,12H,3-7H2,1-2H3. The second-order valence-corrected chi connectivity index (χ2v) is 5.28. The van der Waals surface area contributed by atoms with Crippen LogP contribution in [0.1, 0.15) is 23.5 Å². The zero-order chi connectivity index (χ0) is 10.7. The third kappa shape index (κ3) is 3.00. The van der Waals surface area contributed by atoms with E-state index < -0.39 is 0 Å². The van der Waals surface area contributed by atoms with Crippen LogP contribution in [0.25, 0.3) is 0 Å². The third-order valence-corrected chi connectivity index (χ3v) is 3.79. The largest absolute Gasteiger partial charge is 0.316 e. The monoisotopic (exact) mass is 225 g/mol. The number of nitrogens with zero attached hydrogens (tertiary/aromatic N) is 2. The van der Waals surface area contributed by atoms with Crippen molar-refractivity contribution in [3.63, 3.8) is 0 Å². The van der Waals surface area contributed by atoms with Gasteiger partial charge in [0.2, 0.25) is 0 Å². The zero-order valence-electron chi connectivity index (χ0n) is 9.49. The Kier molecular flexibility index (Phi) is 3.72. The van der Waals surface area contributed by atoms with Gasteiger partial charge in [-0.2, -0.15) is 0 Å². The lowest BCUT2D eigenvalue weighted by Crippen LogP contribution is -2.43. The van der Waals surface area contributed by atoms with Gasteiger partial charge in [-0.15, -0.1) is 11.3 Å². The van der Waals surface area contributed by atoms with Crippen LogP contribution >= 0.6 is 11.3 Å². The molecular weight excluding hydrogens is 206 g/mol. The van der Waals surface area contributed by atoms with Crippen LogP contribution in [0.15, 0.2) is 5.38 Å². The maximum Gasteiger partial charge on any atom is 0.0897 e. The first-order valence-electron chi connectivity index (χ1n) is 5.58. The molecule has 1 saturated heterocycles. The summed E-state index contributed by atoms with van der Waals surface area (Å²) in [6.07, 6.45) is 2.61. The molecule has 2 rings (SSSR count). The van der Waals surface area contributed by atoms with Crippen LogP contribution in [0, 0.1) is 6.92 Å². The van der Waals surface area contributed by atoms with E-state index in [-0.39, 0.29) is 0 Å². The Bertz CT molecular complexity index is 311. The fourth-order valence-electron chi connectivity index (χ4n) is 2.14. The van der Waals surface area contributed by atoms with Crippen LogP contribution < -0.4 is 5.32 Å². The first-order valence-corrected chi connectivity index (χ1v) is 6.46. The van der Waals surface area contributed by atoms with Crippen molar-refractivity contribution < 1.29 is 0 Å². The Morgan fingerprint density at radius 1 is 1.67 bits per heavy atom. The van der Waals surface area contributed by atoms with E-state index in [0.717, 1.165) is 13.1 Å². The van der Waals surface area contributed by atoms with Gasteiger partial charge in [0, 0.05) is 24.5 Å². The van der Waals surface area contributed by atoms with Crippen LogP contribution in [0.4, 0.5) is 0 Å². The molecule has 0 saturated carbocycles. The van der Waals surface area contributed by atoms with Crippen molar-refractivity contribution in [2.75, 3.05) is 20.1 Å². The highest BCUT2D eigenvalue weighted by molar-refractivity contribution is 7.09. The number of rotatable bonds is 3. The summed E-state index contributed by atoms with van der Waals surface area (Å²) in [5, 5.41) is 6.72.